The van der Waals surface area contributed by atoms with Crippen LogP contribution in [0.4, 0.5) is 0 Å². The van der Waals surface area contributed by atoms with Gasteiger partial charge in [0, 0.05) is 18.3 Å². The van der Waals surface area contributed by atoms with Crippen molar-refractivity contribution in [1.29, 1.82) is 0 Å². The van der Waals surface area contributed by atoms with Crippen molar-refractivity contribution >= 4 is 12.2 Å². The Hall–Kier alpha value is -1.61. The van der Waals surface area contributed by atoms with Crippen LogP contribution in [0.25, 0.3) is 12.2 Å². The average Bonchev–Trinajstić information content (AvgIpc) is 2.21. The van der Waals surface area contributed by atoms with E-state index < -0.39 is 0 Å². The summed E-state index contributed by atoms with van der Waals surface area (Å²) in [5.41, 5.74) is 1.14. The van der Waals surface area contributed by atoms with Gasteiger partial charge < -0.3 is 9.67 Å². The lowest BCUT2D eigenvalue weighted by atomic mass is 10.1. The lowest BCUT2D eigenvalue weighted by Crippen LogP contribution is -2.23. The van der Waals surface area contributed by atoms with Crippen molar-refractivity contribution < 1.29 is 5.11 Å². The van der Waals surface area contributed by atoms with Crippen LogP contribution >= 0.6 is 0 Å². The molecule has 0 spiro atoms. The van der Waals surface area contributed by atoms with Gasteiger partial charge in [-0.3, -0.25) is 4.79 Å². The Morgan fingerprint density at radius 2 is 2.14 bits per heavy atom. The molecule has 74 valence electrons. The minimum absolute atomic E-state index is 0.0517. The molecule has 0 fully saturated rings. The van der Waals surface area contributed by atoms with Crippen molar-refractivity contribution in [3.63, 3.8) is 0 Å². The second kappa shape index (κ2) is 4.58. The summed E-state index contributed by atoms with van der Waals surface area (Å²) in [6, 6.07) is 1.78. The predicted molar refractivity (Wildman–Crippen MR) is 58.0 cm³/mol. The van der Waals surface area contributed by atoms with E-state index >= 15 is 0 Å². The van der Waals surface area contributed by atoms with Crippen LogP contribution in [0.1, 0.15) is 11.1 Å². The molecule has 1 aromatic rings. The molecule has 0 bridgehead atoms. The first kappa shape index (κ1) is 10.5. The third-order valence-corrected chi connectivity index (χ3v) is 2.00. The molecule has 1 aromatic heterocycles. The van der Waals surface area contributed by atoms with Crippen LogP contribution in [0, 0.1) is 0 Å². The van der Waals surface area contributed by atoms with Gasteiger partial charge in [-0.1, -0.05) is 25.3 Å². The number of hydrogen-bond donors (Lipinski definition) is 1. The van der Waals surface area contributed by atoms with Crippen molar-refractivity contribution in [3.8, 4) is 0 Å². The number of rotatable bonds is 4. The van der Waals surface area contributed by atoms with E-state index in [4.69, 9.17) is 5.11 Å². The fraction of sp³-hybridized carbons (Fsp3) is 0.182. The molecule has 0 aromatic carbocycles. The molecule has 0 atom stereocenters. The standard InChI is InChI=1S/C11H13NO2/c1-3-9-5-6-12(7-8-13)11(14)10(9)4-2/h3-6,13H,1-2,7-8H2. The van der Waals surface area contributed by atoms with Gasteiger partial charge in [0.25, 0.3) is 5.56 Å². The highest BCUT2D eigenvalue weighted by molar-refractivity contribution is 5.62. The third-order valence-electron chi connectivity index (χ3n) is 2.00. The summed E-state index contributed by atoms with van der Waals surface area (Å²) >= 11 is 0. The second-order valence-corrected chi connectivity index (χ2v) is 2.82. The van der Waals surface area contributed by atoms with E-state index in [1.165, 1.54) is 10.6 Å². The number of nitrogens with zero attached hydrogens (tertiary/aromatic N) is 1. The molecule has 0 radical (unpaired) electrons. The molecule has 1 rings (SSSR count). The first-order chi connectivity index (χ1) is 6.74. The summed E-state index contributed by atoms with van der Waals surface area (Å²) in [5, 5.41) is 8.73. The van der Waals surface area contributed by atoms with Gasteiger partial charge in [-0.15, -0.1) is 0 Å². The van der Waals surface area contributed by atoms with E-state index in [2.05, 4.69) is 13.2 Å². The molecular weight excluding hydrogens is 178 g/mol. The van der Waals surface area contributed by atoms with E-state index in [9.17, 15) is 4.79 Å². The van der Waals surface area contributed by atoms with Gasteiger partial charge in [0.15, 0.2) is 0 Å². The van der Waals surface area contributed by atoms with Crippen molar-refractivity contribution in [2.24, 2.45) is 0 Å². The summed E-state index contributed by atoms with van der Waals surface area (Å²) in [6.07, 6.45) is 4.76. The lowest BCUT2D eigenvalue weighted by molar-refractivity contribution is 0.274. The second-order valence-electron chi connectivity index (χ2n) is 2.82. The van der Waals surface area contributed by atoms with Gasteiger partial charge >= 0.3 is 0 Å². The summed E-state index contributed by atoms with van der Waals surface area (Å²) in [7, 11) is 0. The summed E-state index contributed by atoms with van der Waals surface area (Å²) in [5.74, 6) is 0. The topological polar surface area (TPSA) is 42.2 Å². The van der Waals surface area contributed by atoms with E-state index in [1.54, 1.807) is 18.3 Å². The molecule has 0 unspecified atom stereocenters. The van der Waals surface area contributed by atoms with Gasteiger partial charge in [-0.2, -0.15) is 0 Å². The fourth-order valence-corrected chi connectivity index (χ4v) is 1.27. The van der Waals surface area contributed by atoms with Gasteiger partial charge in [0.1, 0.15) is 0 Å². The van der Waals surface area contributed by atoms with Gasteiger partial charge in [-0.25, -0.2) is 0 Å². The zero-order valence-corrected chi connectivity index (χ0v) is 7.94. The van der Waals surface area contributed by atoms with Crippen molar-refractivity contribution in [2.45, 2.75) is 6.54 Å². The van der Waals surface area contributed by atoms with Crippen molar-refractivity contribution in [2.75, 3.05) is 6.61 Å². The highest BCUT2D eigenvalue weighted by Crippen LogP contribution is 2.06. The molecule has 0 aliphatic rings. The van der Waals surface area contributed by atoms with E-state index in [0.717, 1.165) is 5.56 Å². The van der Waals surface area contributed by atoms with E-state index in [1.807, 2.05) is 0 Å². The Balaban J connectivity index is 3.34. The highest BCUT2D eigenvalue weighted by atomic mass is 16.3. The monoisotopic (exact) mass is 191 g/mol. The predicted octanol–water partition coefficient (Wildman–Crippen LogP) is 1.13. The highest BCUT2D eigenvalue weighted by Gasteiger charge is 2.03. The quantitative estimate of drug-likeness (QED) is 0.775. The van der Waals surface area contributed by atoms with Crippen LogP contribution in [0.3, 0.4) is 0 Å². The van der Waals surface area contributed by atoms with Crippen molar-refractivity contribution in [1.82, 2.24) is 4.57 Å². The maximum atomic E-state index is 11.7. The van der Waals surface area contributed by atoms with Gasteiger partial charge in [0.2, 0.25) is 0 Å². The number of aliphatic hydroxyl groups is 1. The fourth-order valence-electron chi connectivity index (χ4n) is 1.27. The zero-order chi connectivity index (χ0) is 10.6. The third kappa shape index (κ3) is 1.83. The van der Waals surface area contributed by atoms with E-state index in [0.29, 0.717) is 12.1 Å². The minimum atomic E-state index is -0.147. The Bertz CT molecular complexity index is 404. The minimum Gasteiger partial charge on any atom is -0.395 e. The van der Waals surface area contributed by atoms with Crippen LogP contribution in [-0.2, 0) is 6.54 Å². The number of aliphatic hydroxyl groups excluding tert-OH is 1. The van der Waals surface area contributed by atoms with Crippen LogP contribution in [0.15, 0.2) is 30.2 Å². The summed E-state index contributed by atoms with van der Waals surface area (Å²) < 4.78 is 1.45. The maximum absolute atomic E-state index is 11.7. The molecular formula is C11H13NO2. The Morgan fingerprint density at radius 3 is 2.64 bits per heavy atom. The van der Waals surface area contributed by atoms with Gasteiger partial charge in [0.05, 0.1) is 6.61 Å². The zero-order valence-electron chi connectivity index (χ0n) is 7.94. The van der Waals surface area contributed by atoms with Crippen LogP contribution < -0.4 is 5.56 Å². The van der Waals surface area contributed by atoms with Crippen LogP contribution in [0.5, 0.6) is 0 Å². The first-order valence-corrected chi connectivity index (χ1v) is 4.33. The summed E-state index contributed by atoms with van der Waals surface area (Å²) in [6.45, 7) is 7.44. The smallest absolute Gasteiger partial charge is 0.258 e. The molecule has 1 N–H and O–H groups in total. The largest absolute Gasteiger partial charge is 0.395 e. The lowest BCUT2D eigenvalue weighted by Gasteiger charge is -2.06. The normalized spacial score (nSPS) is 9.79. The molecule has 3 nitrogen and oxygen atoms in total. The van der Waals surface area contributed by atoms with Crippen molar-refractivity contribution in [3.05, 3.63) is 46.9 Å². The molecule has 0 saturated carbocycles. The Labute approximate surface area is 82.6 Å². The van der Waals surface area contributed by atoms with Crippen LogP contribution in [0.2, 0.25) is 0 Å². The first-order valence-electron chi connectivity index (χ1n) is 4.33. The molecule has 1 heterocycles. The SMILES string of the molecule is C=Cc1ccn(CCO)c(=O)c1C=C. The molecule has 3 heteroatoms. The molecule has 0 amide bonds. The molecule has 0 saturated heterocycles. The number of aromatic nitrogens is 1. The molecule has 0 aliphatic heterocycles. The number of pyridine rings is 1. The number of hydrogen-bond acceptors (Lipinski definition) is 2. The van der Waals surface area contributed by atoms with E-state index in [-0.39, 0.29) is 12.2 Å². The average molecular weight is 191 g/mol. The molecule has 0 aliphatic carbocycles. The molecule has 14 heavy (non-hydrogen) atoms. The maximum Gasteiger partial charge on any atom is 0.258 e. The van der Waals surface area contributed by atoms with Gasteiger partial charge in [-0.05, 0) is 11.6 Å². The Morgan fingerprint density at radius 1 is 1.43 bits per heavy atom. The Kier molecular flexibility index (Phi) is 3.42. The van der Waals surface area contributed by atoms with Crippen LogP contribution in [-0.4, -0.2) is 16.3 Å². The summed E-state index contributed by atoms with van der Waals surface area (Å²) in [4.78, 5) is 11.7.